The van der Waals surface area contributed by atoms with Crippen LogP contribution in [0.4, 0.5) is 5.69 Å². The first-order valence-corrected chi connectivity index (χ1v) is 6.60. The summed E-state index contributed by atoms with van der Waals surface area (Å²) in [5.74, 6) is 0.451. The summed E-state index contributed by atoms with van der Waals surface area (Å²) in [6, 6.07) is 8.19. The molecule has 4 nitrogen and oxygen atoms in total. The average molecular weight is 319 g/mol. The second-order valence-corrected chi connectivity index (χ2v) is 4.93. The first kappa shape index (κ1) is 19.0. The Balaban J connectivity index is 0.00000180. The molecule has 6 heteroatoms. The van der Waals surface area contributed by atoms with Gasteiger partial charge >= 0.3 is 0 Å². The second kappa shape index (κ2) is 8.35. The zero-order valence-corrected chi connectivity index (χ0v) is 13.4. The van der Waals surface area contributed by atoms with Gasteiger partial charge in [0, 0.05) is 17.8 Å². The molecule has 2 rings (SSSR count). The Kier molecular flexibility index (Phi) is 7.94. The van der Waals surface area contributed by atoms with Crippen LogP contribution in [0.1, 0.15) is 38.2 Å². The number of benzene rings is 1. The van der Waals surface area contributed by atoms with Gasteiger partial charge in [-0.3, -0.25) is 4.99 Å². The molecule has 1 aromatic carbocycles. The lowest BCUT2D eigenvalue weighted by molar-refractivity contribution is 0.462. The minimum absolute atomic E-state index is 0. The van der Waals surface area contributed by atoms with Crippen LogP contribution >= 0.6 is 24.8 Å². The number of hydrogen-bond acceptors (Lipinski definition) is 2. The third-order valence-corrected chi connectivity index (χ3v) is 3.53. The van der Waals surface area contributed by atoms with Crippen LogP contribution in [-0.2, 0) is 5.54 Å². The molecule has 0 spiro atoms. The van der Waals surface area contributed by atoms with Crippen molar-refractivity contribution in [3.05, 3.63) is 29.8 Å². The molecule has 0 atom stereocenters. The quantitative estimate of drug-likeness (QED) is 0.592. The number of anilines is 1. The molecule has 1 aromatic rings. The van der Waals surface area contributed by atoms with Crippen LogP contribution in [0.2, 0.25) is 0 Å². The summed E-state index contributed by atoms with van der Waals surface area (Å²) in [6.07, 6.45) is 4.56. The van der Waals surface area contributed by atoms with Crippen LogP contribution in [0.15, 0.2) is 29.3 Å². The van der Waals surface area contributed by atoms with Gasteiger partial charge in [0.25, 0.3) is 0 Å². The molecule has 0 aromatic heterocycles. The molecule has 0 bridgehead atoms. The number of nitrogens with one attached hydrogen (secondary N) is 1. The maximum atomic E-state index is 6.45. The van der Waals surface area contributed by atoms with E-state index in [-0.39, 0.29) is 30.4 Å². The van der Waals surface area contributed by atoms with Crippen molar-refractivity contribution in [2.45, 2.75) is 38.1 Å². The Morgan fingerprint density at radius 3 is 2.55 bits per heavy atom. The van der Waals surface area contributed by atoms with Gasteiger partial charge in [-0.05, 0) is 37.5 Å². The number of aliphatic imine (C=N–C) groups is 1. The Morgan fingerprint density at radius 2 is 1.95 bits per heavy atom. The highest BCUT2D eigenvalue weighted by atomic mass is 35.5. The van der Waals surface area contributed by atoms with Crippen molar-refractivity contribution in [3.8, 4) is 0 Å². The molecule has 0 unspecified atom stereocenters. The number of guanidine groups is 1. The topological polar surface area (TPSA) is 76.4 Å². The van der Waals surface area contributed by atoms with E-state index in [2.05, 4.69) is 22.4 Å². The van der Waals surface area contributed by atoms with Gasteiger partial charge in [-0.1, -0.05) is 25.0 Å². The summed E-state index contributed by atoms with van der Waals surface area (Å²) >= 11 is 0. The minimum Gasteiger partial charge on any atom is -0.370 e. The molecule has 0 radical (unpaired) electrons. The van der Waals surface area contributed by atoms with Gasteiger partial charge in [-0.25, -0.2) is 0 Å². The Morgan fingerprint density at radius 1 is 1.30 bits per heavy atom. The smallest absolute Gasteiger partial charge is 0.193 e. The lowest BCUT2D eigenvalue weighted by atomic mass is 9.89. The predicted octanol–water partition coefficient (Wildman–Crippen LogP) is 3.00. The zero-order valence-electron chi connectivity index (χ0n) is 11.8. The highest BCUT2D eigenvalue weighted by molar-refractivity contribution is 5.92. The first-order valence-electron chi connectivity index (χ1n) is 6.60. The van der Waals surface area contributed by atoms with Gasteiger partial charge in [0.2, 0.25) is 0 Å². The number of halogens is 2. The average Bonchev–Trinajstić information content (AvgIpc) is 2.78. The highest BCUT2D eigenvalue weighted by Crippen LogP contribution is 2.36. The molecule has 1 saturated carbocycles. The molecule has 1 aliphatic rings. The van der Waals surface area contributed by atoms with Crippen LogP contribution in [0, 0.1) is 0 Å². The van der Waals surface area contributed by atoms with E-state index in [0.29, 0.717) is 12.5 Å². The van der Waals surface area contributed by atoms with Crippen molar-refractivity contribution >= 4 is 36.5 Å². The third-order valence-electron chi connectivity index (χ3n) is 3.53. The molecule has 0 aliphatic heterocycles. The van der Waals surface area contributed by atoms with Gasteiger partial charge < -0.3 is 16.8 Å². The van der Waals surface area contributed by atoms with E-state index >= 15 is 0 Å². The Labute approximate surface area is 133 Å². The fourth-order valence-corrected chi connectivity index (χ4v) is 2.56. The van der Waals surface area contributed by atoms with Gasteiger partial charge in [0.1, 0.15) is 0 Å². The first-order chi connectivity index (χ1) is 8.64. The summed E-state index contributed by atoms with van der Waals surface area (Å²) in [4.78, 5) is 4.12. The molecule has 0 saturated heterocycles. The third kappa shape index (κ3) is 4.54. The zero-order chi connectivity index (χ0) is 13.0. The summed E-state index contributed by atoms with van der Waals surface area (Å²) in [7, 11) is 0. The molecule has 114 valence electrons. The van der Waals surface area contributed by atoms with Gasteiger partial charge in [-0.15, -0.1) is 24.8 Å². The van der Waals surface area contributed by atoms with Gasteiger partial charge in [-0.2, -0.15) is 0 Å². The second-order valence-electron chi connectivity index (χ2n) is 4.93. The lowest BCUT2D eigenvalue weighted by Gasteiger charge is -2.24. The molecule has 0 amide bonds. The maximum Gasteiger partial charge on any atom is 0.193 e. The van der Waals surface area contributed by atoms with Crippen molar-refractivity contribution in [1.29, 1.82) is 0 Å². The Bertz CT molecular complexity index is 443. The number of nitrogens with zero attached hydrogens (tertiary/aromatic N) is 1. The van der Waals surface area contributed by atoms with E-state index in [0.717, 1.165) is 18.5 Å². The number of rotatable bonds is 3. The van der Waals surface area contributed by atoms with Crippen molar-refractivity contribution < 1.29 is 0 Å². The van der Waals surface area contributed by atoms with Crippen molar-refractivity contribution in [2.24, 2.45) is 16.5 Å². The monoisotopic (exact) mass is 318 g/mol. The molecular weight excluding hydrogens is 295 g/mol. The van der Waals surface area contributed by atoms with E-state index in [9.17, 15) is 0 Å². The van der Waals surface area contributed by atoms with Crippen LogP contribution in [-0.4, -0.2) is 12.5 Å². The maximum absolute atomic E-state index is 6.45. The fraction of sp³-hybridized carbons (Fsp3) is 0.500. The summed E-state index contributed by atoms with van der Waals surface area (Å²) in [5, 5.41) is 3.10. The molecule has 0 heterocycles. The van der Waals surface area contributed by atoms with Gasteiger partial charge in [0.05, 0.1) is 0 Å². The van der Waals surface area contributed by atoms with Crippen LogP contribution in [0.3, 0.4) is 0 Å². The molecule has 1 aliphatic carbocycles. The predicted molar refractivity (Wildman–Crippen MR) is 91.1 cm³/mol. The van der Waals surface area contributed by atoms with E-state index in [1.807, 2.05) is 19.1 Å². The summed E-state index contributed by atoms with van der Waals surface area (Å²) < 4.78 is 0. The van der Waals surface area contributed by atoms with Crippen molar-refractivity contribution in [1.82, 2.24) is 0 Å². The van der Waals surface area contributed by atoms with E-state index < -0.39 is 0 Å². The molecule has 20 heavy (non-hydrogen) atoms. The largest absolute Gasteiger partial charge is 0.370 e. The van der Waals surface area contributed by atoms with E-state index in [1.54, 1.807) is 0 Å². The minimum atomic E-state index is -0.158. The van der Waals surface area contributed by atoms with E-state index in [1.165, 1.54) is 18.4 Å². The van der Waals surface area contributed by atoms with Crippen LogP contribution < -0.4 is 16.8 Å². The normalized spacial score (nSPS) is 17.0. The molecule has 1 fully saturated rings. The fourth-order valence-electron chi connectivity index (χ4n) is 2.56. The highest BCUT2D eigenvalue weighted by Gasteiger charge is 2.31. The Hall–Kier alpha value is -0.970. The van der Waals surface area contributed by atoms with Crippen LogP contribution in [0.5, 0.6) is 0 Å². The van der Waals surface area contributed by atoms with Crippen molar-refractivity contribution in [3.63, 3.8) is 0 Å². The van der Waals surface area contributed by atoms with E-state index in [4.69, 9.17) is 11.5 Å². The molecular formula is C14H24Cl2N4. The number of nitrogens with two attached hydrogens (primary N) is 2. The van der Waals surface area contributed by atoms with Crippen LogP contribution in [0.25, 0.3) is 0 Å². The summed E-state index contributed by atoms with van der Waals surface area (Å²) in [6.45, 7) is 2.64. The SMILES string of the molecule is CCN=C(N)Nc1cccc(C2(N)CCCC2)c1.Cl.Cl. The summed E-state index contributed by atoms with van der Waals surface area (Å²) in [5.41, 5.74) is 14.2. The standard InChI is InChI=1S/C14H22N4.2ClH/c1-2-17-13(15)18-12-7-5-6-11(10-12)14(16)8-3-4-9-14;;/h5-7,10H,2-4,8-9,16H2,1H3,(H3,15,17,18);2*1H. The van der Waals surface area contributed by atoms with Crippen molar-refractivity contribution in [2.75, 3.05) is 11.9 Å². The lowest BCUT2D eigenvalue weighted by Crippen LogP contribution is -2.33. The molecule has 5 N–H and O–H groups in total. The number of hydrogen-bond donors (Lipinski definition) is 3. The van der Waals surface area contributed by atoms with Gasteiger partial charge in [0.15, 0.2) is 5.96 Å².